The summed E-state index contributed by atoms with van der Waals surface area (Å²) < 4.78 is 24.4. The number of sulfone groups is 1. The number of nitrogens with two attached hydrogens (primary N) is 1. The molecule has 2 aromatic rings. The van der Waals surface area contributed by atoms with Crippen LogP contribution in [0.5, 0.6) is 0 Å². The minimum atomic E-state index is -3.15. The lowest BCUT2D eigenvalue weighted by Crippen LogP contribution is -1.99. The Bertz CT molecular complexity index is 642. The first-order valence-corrected chi connectivity index (χ1v) is 6.86. The van der Waals surface area contributed by atoms with Gasteiger partial charge in [0.25, 0.3) is 0 Å². The Hall–Kier alpha value is -1.82. The number of hydrogen-bond acceptors (Lipinski definition) is 4. The zero-order valence-corrected chi connectivity index (χ0v) is 10.4. The quantitative estimate of drug-likeness (QED) is 0.866. The average molecular weight is 251 g/mol. The summed E-state index contributed by atoms with van der Waals surface area (Å²) in [5.41, 5.74) is 7.36. The first-order chi connectivity index (χ1) is 7.89. The van der Waals surface area contributed by atoms with E-state index in [1.807, 2.05) is 7.05 Å². The van der Waals surface area contributed by atoms with E-state index in [0.717, 1.165) is 11.3 Å². The van der Waals surface area contributed by atoms with E-state index in [-0.39, 0.29) is 0 Å². The Kier molecular flexibility index (Phi) is 2.66. The van der Waals surface area contributed by atoms with Crippen molar-refractivity contribution < 1.29 is 8.42 Å². The van der Waals surface area contributed by atoms with Gasteiger partial charge in [0, 0.05) is 13.3 Å². The van der Waals surface area contributed by atoms with Crippen molar-refractivity contribution in [1.29, 1.82) is 0 Å². The Morgan fingerprint density at radius 3 is 2.24 bits per heavy atom. The third-order valence-corrected chi connectivity index (χ3v) is 3.73. The molecule has 0 aliphatic carbocycles. The number of rotatable bonds is 2. The highest BCUT2D eigenvalue weighted by molar-refractivity contribution is 7.90. The van der Waals surface area contributed by atoms with Crippen molar-refractivity contribution in [2.45, 2.75) is 4.90 Å². The highest BCUT2D eigenvalue weighted by Crippen LogP contribution is 2.22. The summed E-state index contributed by atoms with van der Waals surface area (Å²) in [6, 6.07) is 6.64. The van der Waals surface area contributed by atoms with Gasteiger partial charge in [-0.3, -0.25) is 0 Å². The molecule has 0 amide bonds. The molecule has 1 heterocycles. The van der Waals surface area contributed by atoms with E-state index in [1.165, 1.54) is 6.26 Å². The summed E-state index contributed by atoms with van der Waals surface area (Å²) in [5.74, 6) is 0.423. The standard InChI is InChI=1S/C11H13N3O2S/c1-14-10(7-13-11(14)12)8-3-5-9(6-4-8)17(2,15)16/h3-7H,1-2H3,(H2,12,13). The van der Waals surface area contributed by atoms with E-state index in [9.17, 15) is 8.42 Å². The van der Waals surface area contributed by atoms with Crippen molar-refractivity contribution in [2.75, 3.05) is 12.0 Å². The predicted molar refractivity (Wildman–Crippen MR) is 66.2 cm³/mol. The van der Waals surface area contributed by atoms with Gasteiger partial charge in [-0.25, -0.2) is 13.4 Å². The first kappa shape index (κ1) is 11.7. The van der Waals surface area contributed by atoms with E-state index < -0.39 is 9.84 Å². The smallest absolute Gasteiger partial charge is 0.200 e. The molecule has 1 aromatic heterocycles. The number of hydrogen-bond donors (Lipinski definition) is 1. The first-order valence-electron chi connectivity index (χ1n) is 4.97. The van der Waals surface area contributed by atoms with E-state index in [4.69, 9.17) is 5.73 Å². The van der Waals surface area contributed by atoms with Crippen LogP contribution >= 0.6 is 0 Å². The molecule has 6 heteroatoms. The van der Waals surface area contributed by atoms with Crippen molar-refractivity contribution in [3.05, 3.63) is 30.5 Å². The second-order valence-electron chi connectivity index (χ2n) is 3.86. The predicted octanol–water partition coefficient (Wildman–Crippen LogP) is 1.07. The molecule has 0 saturated carbocycles. The number of aromatic nitrogens is 2. The third-order valence-electron chi connectivity index (χ3n) is 2.60. The van der Waals surface area contributed by atoms with Crippen molar-refractivity contribution in [3.63, 3.8) is 0 Å². The Labute approximate surface area is 99.8 Å². The van der Waals surface area contributed by atoms with Crippen LogP contribution in [0.25, 0.3) is 11.3 Å². The number of nitrogens with zero attached hydrogens (tertiary/aromatic N) is 2. The maximum absolute atomic E-state index is 11.3. The molecule has 0 saturated heterocycles. The second-order valence-corrected chi connectivity index (χ2v) is 5.87. The van der Waals surface area contributed by atoms with Gasteiger partial charge in [0.2, 0.25) is 0 Å². The van der Waals surface area contributed by atoms with Gasteiger partial charge in [0.15, 0.2) is 15.8 Å². The highest BCUT2D eigenvalue weighted by atomic mass is 32.2. The summed E-state index contributed by atoms with van der Waals surface area (Å²) in [6.07, 6.45) is 2.84. The van der Waals surface area contributed by atoms with E-state index >= 15 is 0 Å². The van der Waals surface area contributed by atoms with Gasteiger partial charge in [-0.15, -0.1) is 0 Å². The van der Waals surface area contributed by atoms with Crippen LogP contribution in [0.15, 0.2) is 35.4 Å². The Morgan fingerprint density at radius 2 is 1.82 bits per heavy atom. The fraction of sp³-hybridized carbons (Fsp3) is 0.182. The number of nitrogen functional groups attached to an aromatic ring is 1. The summed E-state index contributed by atoms with van der Waals surface area (Å²) in [5, 5.41) is 0. The molecule has 0 aliphatic heterocycles. The molecule has 0 radical (unpaired) electrons. The topological polar surface area (TPSA) is 78.0 Å². The van der Waals surface area contributed by atoms with Gasteiger partial charge in [0.05, 0.1) is 16.8 Å². The van der Waals surface area contributed by atoms with Crippen molar-refractivity contribution >= 4 is 15.8 Å². The summed E-state index contributed by atoms with van der Waals surface area (Å²) in [6.45, 7) is 0. The van der Waals surface area contributed by atoms with Gasteiger partial charge in [-0.1, -0.05) is 12.1 Å². The molecule has 0 spiro atoms. The maximum Gasteiger partial charge on any atom is 0.200 e. The maximum atomic E-state index is 11.3. The zero-order valence-electron chi connectivity index (χ0n) is 9.58. The van der Waals surface area contributed by atoms with Gasteiger partial charge < -0.3 is 10.3 Å². The lowest BCUT2D eigenvalue weighted by molar-refractivity contribution is 0.602. The number of anilines is 1. The largest absolute Gasteiger partial charge is 0.369 e. The SMILES string of the molecule is Cn1c(-c2ccc(S(C)(=O)=O)cc2)cnc1N. The molecule has 1 aromatic carbocycles. The molecular formula is C11H13N3O2S. The van der Waals surface area contributed by atoms with E-state index in [0.29, 0.717) is 10.8 Å². The summed E-state index contributed by atoms with van der Waals surface area (Å²) in [7, 11) is -1.35. The molecule has 90 valence electrons. The monoisotopic (exact) mass is 251 g/mol. The second kappa shape index (κ2) is 3.89. The van der Waals surface area contributed by atoms with Crippen LogP contribution in [0.1, 0.15) is 0 Å². The van der Waals surface area contributed by atoms with E-state index in [1.54, 1.807) is 35.0 Å². The molecule has 0 bridgehead atoms. The number of benzene rings is 1. The van der Waals surface area contributed by atoms with Crippen LogP contribution < -0.4 is 5.73 Å². The van der Waals surface area contributed by atoms with Gasteiger partial charge in [-0.2, -0.15) is 0 Å². The highest BCUT2D eigenvalue weighted by Gasteiger charge is 2.09. The van der Waals surface area contributed by atoms with E-state index in [2.05, 4.69) is 4.98 Å². The summed E-state index contributed by atoms with van der Waals surface area (Å²) >= 11 is 0. The Morgan fingerprint density at radius 1 is 1.24 bits per heavy atom. The zero-order chi connectivity index (χ0) is 12.6. The lowest BCUT2D eigenvalue weighted by Gasteiger charge is -2.04. The molecular weight excluding hydrogens is 238 g/mol. The van der Waals surface area contributed by atoms with Crippen LogP contribution in [0, 0.1) is 0 Å². The van der Waals surface area contributed by atoms with Crippen molar-refractivity contribution in [2.24, 2.45) is 7.05 Å². The van der Waals surface area contributed by atoms with Gasteiger partial charge >= 0.3 is 0 Å². The molecule has 0 fully saturated rings. The van der Waals surface area contributed by atoms with Crippen LogP contribution in [-0.4, -0.2) is 24.2 Å². The molecule has 0 unspecified atom stereocenters. The number of imidazole rings is 1. The van der Waals surface area contributed by atoms with Gasteiger partial charge in [-0.05, 0) is 17.7 Å². The average Bonchev–Trinajstić information content (AvgIpc) is 2.59. The Balaban J connectivity index is 2.46. The van der Waals surface area contributed by atoms with Crippen LogP contribution in [-0.2, 0) is 16.9 Å². The minimum absolute atomic E-state index is 0.302. The third kappa shape index (κ3) is 2.16. The van der Waals surface area contributed by atoms with Crippen molar-refractivity contribution in [1.82, 2.24) is 9.55 Å². The molecule has 17 heavy (non-hydrogen) atoms. The van der Waals surface area contributed by atoms with Crippen LogP contribution in [0.4, 0.5) is 5.95 Å². The fourth-order valence-corrected chi connectivity index (χ4v) is 2.20. The van der Waals surface area contributed by atoms with Crippen molar-refractivity contribution in [3.8, 4) is 11.3 Å². The molecule has 0 atom stereocenters. The van der Waals surface area contributed by atoms with Crippen LogP contribution in [0.3, 0.4) is 0 Å². The normalized spacial score (nSPS) is 11.6. The minimum Gasteiger partial charge on any atom is -0.369 e. The fourth-order valence-electron chi connectivity index (χ4n) is 1.56. The molecule has 2 rings (SSSR count). The summed E-state index contributed by atoms with van der Waals surface area (Å²) in [4.78, 5) is 4.29. The lowest BCUT2D eigenvalue weighted by atomic mass is 10.2. The molecule has 0 aliphatic rings. The van der Waals surface area contributed by atoms with Crippen LogP contribution in [0.2, 0.25) is 0 Å². The molecule has 5 nitrogen and oxygen atoms in total. The molecule has 2 N–H and O–H groups in total. The van der Waals surface area contributed by atoms with Gasteiger partial charge in [0.1, 0.15) is 0 Å².